The van der Waals surface area contributed by atoms with E-state index in [9.17, 15) is 4.79 Å². The molecule has 0 atom stereocenters. The monoisotopic (exact) mass is 432 g/mol. The van der Waals surface area contributed by atoms with Gasteiger partial charge in [-0.2, -0.15) is 5.10 Å². The summed E-state index contributed by atoms with van der Waals surface area (Å²) in [5, 5.41) is 15.1. The van der Waals surface area contributed by atoms with Crippen LogP contribution < -0.4 is 15.4 Å². The van der Waals surface area contributed by atoms with E-state index in [2.05, 4.69) is 30.8 Å². The number of H-pyrrole nitrogens is 1. The third kappa shape index (κ3) is 4.13. The Kier molecular flexibility index (Phi) is 5.32. The van der Waals surface area contributed by atoms with Crippen LogP contribution in [0.25, 0.3) is 11.1 Å². The van der Waals surface area contributed by atoms with Crippen molar-refractivity contribution < 1.29 is 9.53 Å². The molecule has 5 rings (SSSR count). The molecule has 1 aromatic carbocycles. The number of aromatic amines is 1. The molecule has 0 saturated carbocycles. The van der Waals surface area contributed by atoms with E-state index in [1.807, 2.05) is 35.8 Å². The Bertz CT molecular complexity index is 1190. The number of fused-ring (bicyclic) bond motifs is 1. The number of hydrogen-bond acceptors (Lipinski definition) is 7. The van der Waals surface area contributed by atoms with Gasteiger partial charge in [0.25, 0.3) is 5.91 Å². The van der Waals surface area contributed by atoms with Crippen LogP contribution in [-0.4, -0.2) is 32.7 Å². The number of hydrogen-bond donors (Lipinski definition) is 3. The number of anilines is 1. The highest BCUT2D eigenvalue weighted by Gasteiger charge is 2.22. The number of carbonyl (C=O) groups is 1. The maximum atomic E-state index is 12.5. The van der Waals surface area contributed by atoms with Crippen molar-refractivity contribution in [3.63, 3.8) is 0 Å². The average molecular weight is 433 g/mol. The number of rotatable bonds is 7. The topological polar surface area (TPSA) is 105 Å². The first kappa shape index (κ1) is 19.3. The summed E-state index contributed by atoms with van der Waals surface area (Å²) >= 11 is 1.51. The summed E-state index contributed by atoms with van der Waals surface area (Å²) in [5.41, 5.74) is 7.18. The smallest absolute Gasteiger partial charge is 0.251 e. The molecule has 0 bridgehead atoms. The fourth-order valence-corrected chi connectivity index (χ4v) is 4.11. The third-order valence-electron chi connectivity index (χ3n) is 5.10. The Morgan fingerprint density at radius 3 is 3.03 bits per heavy atom. The van der Waals surface area contributed by atoms with Crippen molar-refractivity contribution in [2.75, 3.05) is 11.9 Å². The first-order valence-electron chi connectivity index (χ1n) is 9.90. The molecule has 3 aromatic heterocycles. The van der Waals surface area contributed by atoms with E-state index < -0.39 is 0 Å². The van der Waals surface area contributed by atoms with Gasteiger partial charge in [0.05, 0.1) is 30.6 Å². The quantitative estimate of drug-likeness (QED) is 0.413. The minimum Gasteiger partial charge on any atom is -0.492 e. The van der Waals surface area contributed by atoms with Gasteiger partial charge in [0.15, 0.2) is 0 Å². The zero-order chi connectivity index (χ0) is 21.0. The van der Waals surface area contributed by atoms with E-state index in [-0.39, 0.29) is 5.91 Å². The van der Waals surface area contributed by atoms with E-state index >= 15 is 0 Å². The largest absolute Gasteiger partial charge is 0.492 e. The average Bonchev–Trinajstić information content (AvgIpc) is 3.58. The van der Waals surface area contributed by atoms with Gasteiger partial charge in [-0.1, -0.05) is 12.1 Å². The molecule has 0 fully saturated rings. The van der Waals surface area contributed by atoms with Crippen LogP contribution in [0.2, 0.25) is 0 Å². The molecule has 4 heterocycles. The van der Waals surface area contributed by atoms with Gasteiger partial charge in [-0.15, -0.1) is 11.3 Å². The van der Waals surface area contributed by atoms with E-state index in [1.165, 1.54) is 11.3 Å². The molecule has 1 amide bonds. The molecule has 4 aromatic rings. The SMILES string of the molecule is O=C(NCc1cscn1)c1cccc(CNc2ncc(-c3cn[nH]c3)c3c2CCO3)c1. The molecule has 1 aliphatic rings. The second kappa shape index (κ2) is 8.57. The van der Waals surface area contributed by atoms with Crippen LogP contribution >= 0.6 is 11.3 Å². The summed E-state index contributed by atoms with van der Waals surface area (Å²) in [5.74, 6) is 1.54. The van der Waals surface area contributed by atoms with Gasteiger partial charge in [0.1, 0.15) is 11.6 Å². The van der Waals surface area contributed by atoms with Gasteiger partial charge in [-0.25, -0.2) is 9.97 Å². The van der Waals surface area contributed by atoms with E-state index in [1.54, 1.807) is 17.9 Å². The zero-order valence-electron chi connectivity index (χ0n) is 16.6. The minimum absolute atomic E-state index is 0.119. The maximum absolute atomic E-state index is 12.5. The van der Waals surface area contributed by atoms with Gasteiger partial charge < -0.3 is 15.4 Å². The molecular formula is C22H20N6O2S. The molecule has 156 valence electrons. The number of thiazole rings is 1. The summed E-state index contributed by atoms with van der Waals surface area (Å²) in [7, 11) is 0. The first-order valence-corrected chi connectivity index (χ1v) is 10.8. The molecule has 0 saturated heterocycles. The molecule has 0 spiro atoms. The third-order valence-corrected chi connectivity index (χ3v) is 5.73. The number of nitrogens with zero attached hydrogens (tertiary/aromatic N) is 3. The normalized spacial score (nSPS) is 12.3. The van der Waals surface area contributed by atoms with Crippen molar-refractivity contribution in [3.8, 4) is 16.9 Å². The number of aromatic nitrogens is 4. The van der Waals surface area contributed by atoms with Crippen molar-refractivity contribution in [1.29, 1.82) is 0 Å². The van der Waals surface area contributed by atoms with Crippen LogP contribution in [0.3, 0.4) is 0 Å². The number of nitrogens with one attached hydrogen (secondary N) is 3. The molecule has 9 heteroatoms. The Morgan fingerprint density at radius 1 is 1.23 bits per heavy atom. The van der Waals surface area contributed by atoms with Crippen molar-refractivity contribution >= 4 is 23.1 Å². The number of amides is 1. The Balaban J connectivity index is 1.28. The highest BCUT2D eigenvalue weighted by Crippen LogP contribution is 2.39. The molecular weight excluding hydrogens is 412 g/mol. The van der Waals surface area contributed by atoms with Gasteiger partial charge in [-0.3, -0.25) is 9.89 Å². The Labute approximate surface area is 182 Å². The van der Waals surface area contributed by atoms with E-state index in [4.69, 9.17) is 4.74 Å². The number of pyridine rings is 1. The first-order chi connectivity index (χ1) is 15.3. The van der Waals surface area contributed by atoms with E-state index in [0.717, 1.165) is 45.9 Å². The van der Waals surface area contributed by atoms with Gasteiger partial charge in [-0.05, 0) is 17.7 Å². The fourth-order valence-electron chi connectivity index (χ4n) is 3.55. The van der Waals surface area contributed by atoms with Crippen molar-refractivity contribution in [2.24, 2.45) is 0 Å². The number of carbonyl (C=O) groups excluding carboxylic acids is 1. The lowest BCUT2D eigenvalue weighted by Crippen LogP contribution is -2.23. The van der Waals surface area contributed by atoms with Crippen LogP contribution in [-0.2, 0) is 19.5 Å². The molecule has 0 unspecified atom stereocenters. The predicted molar refractivity (Wildman–Crippen MR) is 118 cm³/mol. The highest BCUT2D eigenvalue weighted by molar-refractivity contribution is 7.07. The summed E-state index contributed by atoms with van der Waals surface area (Å²) < 4.78 is 5.88. The van der Waals surface area contributed by atoms with E-state index in [0.29, 0.717) is 25.3 Å². The van der Waals surface area contributed by atoms with Gasteiger partial charge in [0.2, 0.25) is 0 Å². The summed E-state index contributed by atoms with van der Waals surface area (Å²) in [6, 6.07) is 7.57. The molecule has 3 N–H and O–H groups in total. The van der Waals surface area contributed by atoms with Crippen molar-refractivity contribution in [1.82, 2.24) is 25.5 Å². The highest BCUT2D eigenvalue weighted by atomic mass is 32.1. The second-order valence-electron chi connectivity index (χ2n) is 7.13. The summed E-state index contributed by atoms with van der Waals surface area (Å²) in [6.45, 7) is 1.61. The summed E-state index contributed by atoms with van der Waals surface area (Å²) in [4.78, 5) is 21.3. The van der Waals surface area contributed by atoms with Crippen LogP contribution in [0.4, 0.5) is 5.82 Å². The minimum atomic E-state index is -0.119. The number of ether oxygens (including phenoxy) is 1. The number of benzene rings is 1. The van der Waals surface area contributed by atoms with Crippen molar-refractivity contribution in [2.45, 2.75) is 19.5 Å². The predicted octanol–water partition coefficient (Wildman–Crippen LogP) is 3.41. The van der Waals surface area contributed by atoms with Crippen LogP contribution in [0, 0.1) is 0 Å². The molecule has 8 nitrogen and oxygen atoms in total. The lowest BCUT2D eigenvalue weighted by atomic mass is 10.1. The summed E-state index contributed by atoms with van der Waals surface area (Å²) in [6.07, 6.45) is 6.20. The fraction of sp³-hybridized carbons (Fsp3) is 0.182. The molecule has 31 heavy (non-hydrogen) atoms. The molecule has 1 aliphatic heterocycles. The van der Waals surface area contributed by atoms with Crippen LogP contribution in [0.5, 0.6) is 5.75 Å². The zero-order valence-corrected chi connectivity index (χ0v) is 17.4. The van der Waals surface area contributed by atoms with Crippen molar-refractivity contribution in [3.05, 3.63) is 76.1 Å². The lowest BCUT2D eigenvalue weighted by Gasteiger charge is -2.12. The lowest BCUT2D eigenvalue weighted by molar-refractivity contribution is 0.0950. The van der Waals surface area contributed by atoms with Crippen LogP contribution in [0.15, 0.2) is 53.7 Å². The Hall–Kier alpha value is -3.72. The Morgan fingerprint density at radius 2 is 2.19 bits per heavy atom. The maximum Gasteiger partial charge on any atom is 0.251 e. The second-order valence-corrected chi connectivity index (χ2v) is 7.85. The van der Waals surface area contributed by atoms with Crippen LogP contribution in [0.1, 0.15) is 27.2 Å². The molecule has 0 aliphatic carbocycles. The molecule has 0 radical (unpaired) electrons. The van der Waals surface area contributed by atoms with Gasteiger partial charge >= 0.3 is 0 Å². The standard InChI is InChI=1S/C22H20N6O2S/c29-22(25-10-17-12-31-13-26-17)15-3-1-2-14(6-15)7-23-21-18-4-5-30-20(18)19(11-24-21)16-8-27-28-9-16/h1-3,6,8-9,11-13H,4-5,7,10H2,(H,23,24)(H,25,29)(H,27,28). The van der Waals surface area contributed by atoms with Gasteiger partial charge in [0, 0.05) is 53.0 Å².